The van der Waals surface area contributed by atoms with Crippen LogP contribution in [0.3, 0.4) is 0 Å². The zero-order valence-electron chi connectivity index (χ0n) is 34.5. The van der Waals surface area contributed by atoms with Crippen molar-refractivity contribution in [1.82, 2.24) is 26.6 Å². The monoisotopic (exact) mass is 812 g/mol. The Balaban J connectivity index is 4.03. The van der Waals surface area contributed by atoms with Gasteiger partial charge in [-0.1, -0.05) is 96.8 Å². The van der Waals surface area contributed by atoms with Crippen molar-refractivity contribution >= 4 is 47.4 Å². The second-order valence-corrected chi connectivity index (χ2v) is 14.8. The molecule has 0 aromatic carbocycles. The fraction of sp³-hybridized carbons (Fsp3) is 0.805. The van der Waals surface area contributed by atoms with Gasteiger partial charge in [0.15, 0.2) is 0 Å². The lowest BCUT2D eigenvalue weighted by Gasteiger charge is -2.15. The van der Waals surface area contributed by atoms with Crippen LogP contribution in [0.25, 0.3) is 0 Å². The number of hydrogen-bond donors (Lipinski definition) is 8. The van der Waals surface area contributed by atoms with Gasteiger partial charge in [-0.3, -0.25) is 28.8 Å². The molecule has 0 saturated carbocycles. The van der Waals surface area contributed by atoms with Crippen molar-refractivity contribution in [3.8, 4) is 0 Å². The second kappa shape index (κ2) is 36.1. The number of carbonyl (C=O) groups is 8. The molecule has 57 heavy (non-hydrogen) atoms. The van der Waals surface area contributed by atoms with Crippen molar-refractivity contribution in [3.63, 3.8) is 0 Å². The van der Waals surface area contributed by atoms with Crippen molar-refractivity contribution in [2.45, 2.75) is 192 Å². The second-order valence-electron chi connectivity index (χ2n) is 14.8. The molecule has 328 valence electrons. The molecule has 0 aromatic heterocycles. The van der Waals surface area contributed by atoms with Gasteiger partial charge < -0.3 is 41.9 Å². The van der Waals surface area contributed by atoms with E-state index < -0.39 is 41.8 Å². The molecule has 0 radical (unpaired) electrons. The lowest BCUT2D eigenvalue weighted by atomic mass is 10.0. The normalized spacial score (nSPS) is 11.9. The van der Waals surface area contributed by atoms with Crippen LogP contribution in [0.5, 0.6) is 0 Å². The Morgan fingerprint density at radius 3 is 1.05 bits per heavy atom. The minimum absolute atomic E-state index is 0.0779. The molecule has 0 aliphatic heterocycles. The van der Waals surface area contributed by atoms with Crippen LogP contribution in [0.1, 0.15) is 180 Å². The minimum atomic E-state index is -1.28. The third-order valence-corrected chi connectivity index (χ3v) is 9.54. The fourth-order valence-corrected chi connectivity index (χ4v) is 6.10. The average Bonchev–Trinajstić information content (AvgIpc) is 3.16. The Hall–Kier alpha value is -4.24. The number of aliphatic carboxylic acids is 3. The number of carboxylic acids is 3. The van der Waals surface area contributed by atoms with E-state index in [4.69, 9.17) is 5.11 Å². The van der Waals surface area contributed by atoms with Crippen LogP contribution < -0.4 is 26.6 Å². The summed E-state index contributed by atoms with van der Waals surface area (Å²) in [7, 11) is 0. The molecule has 16 nitrogen and oxygen atoms in total. The molecular formula is C41H73N5O11. The Labute approximate surface area is 339 Å². The highest BCUT2D eigenvalue weighted by molar-refractivity contribution is 5.85. The molecule has 16 heteroatoms. The van der Waals surface area contributed by atoms with E-state index in [1.807, 2.05) is 0 Å². The van der Waals surface area contributed by atoms with E-state index in [0.29, 0.717) is 19.4 Å². The van der Waals surface area contributed by atoms with Crippen molar-refractivity contribution in [2.75, 3.05) is 19.6 Å². The van der Waals surface area contributed by atoms with Crippen LogP contribution in [0.2, 0.25) is 0 Å². The molecule has 0 aliphatic carbocycles. The fourth-order valence-electron chi connectivity index (χ4n) is 6.10. The van der Waals surface area contributed by atoms with Crippen molar-refractivity contribution < 1.29 is 53.7 Å². The van der Waals surface area contributed by atoms with Crippen LogP contribution in [0, 0.1) is 0 Å². The third kappa shape index (κ3) is 34.7. The summed E-state index contributed by atoms with van der Waals surface area (Å²) in [6.07, 6.45) is 18.7. The lowest BCUT2D eigenvalue weighted by molar-refractivity contribution is -0.142. The molecule has 0 aromatic rings. The van der Waals surface area contributed by atoms with E-state index in [2.05, 4.69) is 33.5 Å². The lowest BCUT2D eigenvalue weighted by Crippen LogP contribution is -2.42. The quantitative estimate of drug-likeness (QED) is 0.0379. The molecule has 0 saturated heterocycles. The van der Waals surface area contributed by atoms with Crippen LogP contribution in [-0.4, -0.2) is 94.5 Å². The number of carboxylic acid groups (broad SMARTS) is 3. The summed E-state index contributed by atoms with van der Waals surface area (Å²) in [5.41, 5.74) is 0. The van der Waals surface area contributed by atoms with Gasteiger partial charge >= 0.3 is 17.9 Å². The summed E-state index contributed by atoms with van der Waals surface area (Å²) >= 11 is 0. The average molecular weight is 812 g/mol. The summed E-state index contributed by atoms with van der Waals surface area (Å²) in [4.78, 5) is 94.7. The maximum atomic E-state index is 12.3. The molecule has 2 unspecified atom stereocenters. The maximum Gasteiger partial charge on any atom is 0.326 e. The SMILES string of the molecule is CCCCCNC(=O)CCCNC(=O)CCC(NC(=O)CCCNC(=O)CCC(NC(=O)CCCCCCCCCCCCCCCCC(=O)O)C(=O)O)C(=O)O. The van der Waals surface area contributed by atoms with Crippen LogP contribution >= 0.6 is 0 Å². The molecule has 0 spiro atoms. The van der Waals surface area contributed by atoms with Gasteiger partial charge in [0.05, 0.1) is 0 Å². The molecule has 0 aliphatic rings. The summed E-state index contributed by atoms with van der Waals surface area (Å²) in [5, 5.41) is 40.6. The molecule has 0 rings (SSSR count). The number of amides is 5. The van der Waals surface area contributed by atoms with Gasteiger partial charge in [0.1, 0.15) is 12.1 Å². The van der Waals surface area contributed by atoms with Crippen molar-refractivity contribution in [1.29, 1.82) is 0 Å². The Morgan fingerprint density at radius 2 is 0.684 bits per heavy atom. The molecule has 5 amide bonds. The van der Waals surface area contributed by atoms with Gasteiger partial charge in [-0.05, 0) is 44.9 Å². The van der Waals surface area contributed by atoms with E-state index in [-0.39, 0.29) is 88.6 Å². The zero-order valence-corrected chi connectivity index (χ0v) is 34.5. The highest BCUT2D eigenvalue weighted by Gasteiger charge is 2.22. The molecule has 0 bridgehead atoms. The van der Waals surface area contributed by atoms with Gasteiger partial charge in [-0.2, -0.15) is 0 Å². The first-order valence-corrected chi connectivity index (χ1v) is 21.4. The van der Waals surface area contributed by atoms with Gasteiger partial charge in [0, 0.05) is 58.2 Å². The summed E-state index contributed by atoms with van der Waals surface area (Å²) < 4.78 is 0. The number of unbranched alkanes of at least 4 members (excludes halogenated alkanes) is 15. The molecule has 8 N–H and O–H groups in total. The smallest absolute Gasteiger partial charge is 0.326 e. The molecule has 0 heterocycles. The Kier molecular flexibility index (Phi) is 33.4. The van der Waals surface area contributed by atoms with Crippen molar-refractivity contribution in [3.05, 3.63) is 0 Å². The van der Waals surface area contributed by atoms with E-state index in [9.17, 15) is 48.6 Å². The topological polar surface area (TPSA) is 257 Å². The number of hydrogen-bond acceptors (Lipinski definition) is 8. The van der Waals surface area contributed by atoms with Crippen LogP contribution in [-0.2, 0) is 38.4 Å². The minimum Gasteiger partial charge on any atom is -0.481 e. The summed E-state index contributed by atoms with van der Waals surface area (Å²) in [6, 6.07) is -2.47. The predicted octanol–water partition coefficient (Wildman–Crippen LogP) is 5.11. The largest absolute Gasteiger partial charge is 0.481 e. The number of nitrogens with one attached hydrogen (secondary N) is 5. The van der Waals surface area contributed by atoms with E-state index >= 15 is 0 Å². The first kappa shape index (κ1) is 52.8. The van der Waals surface area contributed by atoms with Gasteiger partial charge in [0.2, 0.25) is 29.5 Å². The number of rotatable bonds is 39. The zero-order chi connectivity index (χ0) is 42.5. The number of carbonyl (C=O) groups excluding carboxylic acids is 5. The third-order valence-electron chi connectivity index (χ3n) is 9.54. The van der Waals surface area contributed by atoms with E-state index in [1.165, 1.54) is 32.1 Å². The van der Waals surface area contributed by atoms with Gasteiger partial charge in [-0.25, -0.2) is 9.59 Å². The summed E-state index contributed by atoms with van der Waals surface area (Å²) in [6.45, 7) is 3.08. The predicted molar refractivity (Wildman–Crippen MR) is 216 cm³/mol. The van der Waals surface area contributed by atoms with E-state index in [1.54, 1.807) is 0 Å². The van der Waals surface area contributed by atoms with Crippen LogP contribution in [0.15, 0.2) is 0 Å². The summed E-state index contributed by atoms with van der Waals surface area (Å²) in [5.74, 6) is -5.07. The maximum absolute atomic E-state index is 12.3. The Morgan fingerprint density at radius 1 is 0.368 bits per heavy atom. The standard InChI is InChI=1S/C41H73N5O11/c1-2-3-18-29-42-34(47)22-19-30-43-35(48)28-26-33(41(56)57)46-38(51)23-20-31-44-36(49)27-25-32(40(54)55)45-37(50)21-16-14-12-10-8-6-4-5-7-9-11-13-15-17-24-39(52)53/h32-33H,2-31H2,1H3,(H,42,47)(H,43,48)(H,44,49)(H,45,50)(H,46,51)(H,52,53)(H,54,55)(H,56,57). The van der Waals surface area contributed by atoms with Crippen LogP contribution in [0.4, 0.5) is 0 Å². The molecule has 2 atom stereocenters. The Bertz CT molecular complexity index is 1180. The first-order chi connectivity index (χ1) is 27.3. The molecular weight excluding hydrogens is 738 g/mol. The first-order valence-electron chi connectivity index (χ1n) is 21.4. The van der Waals surface area contributed by atoms with Crippen molar-refractivity contribution in [2.24, 2.45) is 0 Å². The van der Waals surface area contributed by atoms with Gasteiger partial charge in [-0.15, -0.1) is 0 Å². The highest BCUT2D eigenvalue weighted by Crippen LogP contribution is 2.14. The van der Waals surface area contributed by atoms with E-state index in [0.717, 1.165) is 70.6 Å². The molecule has 0 fully saturated rings. The van der Waals surface area contributed by atoms with Gasteiger partial charge in [0.25, 0.3) is 0 Å². The highest BCUT2D eigenvalue weighted by atomic mass is 16.4.